The molecule has 3 rings (SSSR count). The molecular formula is C21H26FN3. The van der Waals surface area contributed by atoms with Gasteiger partial charge in [0.15, 0.2) is 0 Å². The maximum absolute atomic E-state index is 13.0. The van der Waals surface area contributed by atoms with E-state index in [0.29, 0.717) is 0 Å². The van der Waals surface area contributed by atoms with Gasteiger partial charge in [-0.1, -0.05) is 24.3 Å². The predicted molar refractivity (Wildman–Crippen MR) is 105 cm³/mol. The van der Waals surface area contributed by atoms with E-state index in [1.54, 1.807) is 0 Å². The van der Waals surface area contributed by atoms with Crippen LogP contribution in [0.3, 0.4) is 0 Å². The average Bonchev–Trinajstić information content (AvgIpc) is 2.63. The third-order valence-corrected chi connectivity index (χ3v) is 4.65. The Morgan fingerprint density at radius 2 is 1.56 bits per heavy atom. The van der Waals surface area contributed by atoms with Gasteiger partial charge in [0.25, 0.3) is 0 Å². The molecule has 132 valence electrons. The summed E-state index contributed by atoms with van der Waals surface area (Å²) in [5, 5.41) is 0. The lowest BCUT2D eigenvalue weighted by molar-refractivity contribution is 0.284. The van der Waals surface area contributed by atoms with Crippen molar-refractivity contribution in [2.75, 3.05) is 56.6 Å². The normalized spacial score (nSPS) is 15.7. The molecule has 0 aromatic heterocycles. The van der Waals surface area contributed by atoms with Crippen molar-refractivity contribution < 1.29 is 4.39 Å². The zero-order valence-corrected chi connectivity index (χ0v) is 15.0. The number of nitrogens with zero attached hydrogens (tertiary/aromatic N) is 3. The number of hydrogen-bond donors (Lipinski definition) is 0. The van der Waals surface area contributed by atoms with Crippen molar-refractivity contribution in [1.29, 1.82) is 0 Å². The summed E-state index contributed by atoms with van der Waals surface area (Å²) in [6.45, 7) is 4.99. The second-order valence-electron chi connectivity index (χ2n) is 6.65. The molecule has 0 saturated carbocycles. The molecule has 3 nitrogen and oxygen atoms in total. The van der Waals surface area contributed by atoms with E-state index < -0.39 is 0 Å². The molecular weight excluding hydrogens is 313 g/mol. The molecule has 2 aromatic rings. The van der Waals surface area contributed by atoms with Crippen molar-refractivity contribution >= 4 is 17.5 Å². The average molecular weight is 339 g/mol. The van der Waals surface area contributed by atoms with Crippen LogP contribution in [0.25, 0.3) is 6.08 Å². The van der Waals surface area contributed by atoms with Gasteiger partial charge in [0.2, 0.25) is 0 Å². The van der Waals surface area contributed by atoms with Gasteiger partial charge < -0.3 is 9.80 Å². The fraction of sp³-hybridized carbons (Fsp3) is 0.333. The zero-order valence-electron chi connectivity index (χ0n) is 15.0. The molecule has 0 bridgehead atoms. The van der Waals surface area contributed by atoms with E-state index in [9.17, 15) is 4.39 Å². The van der Waals surface area contributed by atoms with E-state index in [1.165, 1.54) is 23.4 Å². The highest BCUT2D eigenvalue weighted by Crippen LogP contribution is 2.17. The van der Waals surface area contributed by atoms with Crippen LogP contribution < -0.4 is 9.80 Å². The van der Waals surface area contributed by atoms with Crippen molar-refractivity contribution in [3.8, 4) is 0 Å². The largest absolute Gasteiger partial charge is 0.378 e. The Labute approximate surface area is 150 Å². The first-order chi connectivity index (χ1) is 12.1. The lowest BCUT2D eigenvalue weighted by Crippen LogP contribution is -2.46. The summed E-state index contributed by atoms with van der Waals surface area (Å²) >= 11 is 0. The van der Waals surface area contributed by atoms with E-state index in [4.69, 9.17) is 0 Å². The summed E-state index contributed by atoms with van der Waals surface area (Å²) in [7, 11) is 4.10. The summed E-state index contributed by atoms with van der Waals surface area (Å²) in [5.41, 5.74) is 3.56. The van der Waals surface area contributed by atoms with Crippen LogP contribution in [0.4, 0.5) is 15.8 Å². The molecule has 0 aliphatic carbocycles. The molecule has 0 radical (unpaired) electrons. The van der Waals surface area contributed by atoms with E-state index in [1.807, 2.05) is 12.1 Å². The fourth-order valence-electron chi connectivity index (χ4n) is 3.06. The Morgan fingerprint density at radius 3 is 2.16 bits per heavy atom. The predicted octanol–water partition coefficient (Wildman–Crippen LogP) is 3.73. The molecule has 0 spiro atoms. The summed E-state index contributed by atoms with van der Waals surface area (Å²) in [6.07, 6.45) is 4.42. The minimum absolute atomic E-state index is 0.175. The SMILES string of the molecule is CN(C)c1ccc(/C=C/CN2CCN(c3ccc(F)cc3)CC2)cc1. The maximum atomic E-state index is 13.0. The quantitative estimate of drug-likeness (QED) is 0.822. The lowest BCUT2D eigenvalue weighted by Gasteiger charge is -2.35. The summed E-state index contributed by atoms with van der Waals surface area (Å²) in [6, 6.07) is 15.4. The molecule has 25 heavy (non-hydrogen) atoms. The maximum Gasteiger partial charge on any atom is 0.123 e. The van der Waals surface area contributed by atoms with Gasteiger partial charge in [0, 0.05) is 58.2 Å². The number of halogens is 1. The highest BCUT2D eigenvalue weighted by Gasteiger charge is 2.16. The number of hydrogen-bond acceptors (Lipinski definition) is 3. The Bertz CT molecular complexity index is 684. The van der Waals surface area contributed by atoms with Crippen LogP contribution in [0.1, 0.15) is 5.56 Å². The topological polar surface area (TPSA) is 9.72 Å². The van der Waals surface area contributed by atoms with E-state index in [-0.39, 0.29) is 5.82 Å². The molecule has 1 aliphatic heterocycles. The Balaban J connectivity index is 1.46. The third kappa shape index (κ3) is 4.83. The molecule has 1 heterocycles. The molecule has 0 amide bonds. The molecule has 0 atom stereocenters. The van der Waals surface area contributed by atoms with Crippen molar-refractivity contribution in [2.24, 2.45) is 0 Å². The van der Waals surface area contributed by atoms with Gasteiger partial charge in [0.05, 0.1) is 0 Å². The standard InChI is InChI=1S/C21H26FN3/c1-23(2)20-9-5-18(6-10-20)4-3-13-24-14-16-25(17-15-24)21-11-7-19(22)8-12-21/h3-12H,13-17H2,1-2H3/b4-3+. The number of rotatable bonds is 5. The van der Waals surface area contributed by atoms with Gasteiger partial charge >= 0.3 is 0 Å². The van der Waals surface area contributed by atoms with Crippen molar-refractivity contribution in [2.45, 2.75) is 0 Å². The third-order valence-electron chi connectivity index (χ3n) is 4.65. The van der Waals surface area contributed by atoms with Gasteiger partial charge in [-0.25, -0.2) is 4.39 Å². The number of benzene rings is 2. The van der Waals surface area contributed by atoms with E-state index in [0.717, 1.165) is 38.4 Å². The summed E-state index contributed by atoms with van der Waals surface area (Å²) < 4.78 is 13.0. The number of piperazine rings is 1. The van der Waals surface area contributed by atoms with Crippen molar-refractivity contribution in [1.82, 2.24) is 4.90 Å². The lowest BCUT2D eigenvalue weighted by atomic mass is 10.2. The zero-order chi connectivity index (χ0) is 17.6. The van der Waals surface area contributed by atoms with Crippen LogP contribution in [0.2, 0.25) is 0 Å². The van der Waals surface area contributed by atoms with Crippen LogP contribution in [0.5, 0.6) is 0 Å². The summed E-state index contributed by atoms with van der Waals surface area (Å²) in [4.78, 5) is 6.87. The molecule has 1 saturated heterocycles. The highest BCUT2D eigenvalue weighted by atomic mass is 19.1. The van der Waals surface area contributed by atoms with Crippen molar-refractivity contribution in [3.63, 3.8) is 0 Å². The Morgan fingerprint density at radius 1 is 0.920 bits per heavy atom. The van der Waals surface area contributed by atoms with Crippen LogP contribution in [-0.2, 0) is 0 Å². The van der Waals surface area contributed by atoms with Gasteiger partial charge in [-0.15, -0.1) is 0 Å². The molecule has 0 unspecified atom stereocenters. The minimum atomic E-state index is -0.175. The van der Waals surface area contributed by atoms with Crippen LogP contribution in [-0.4, -0.2) is 51.7 Å². The minimum Gasteiger partial charge on any atom is -0.378 e. The van der Waals surface area contributed by atoms with Gasteiger partial charge in [-0.2, -0.15) is 0 Å². The van der Waals surface area contributed by atoms with Gasteiger partial charge in [-0.05, 0) is 42.0 Å². The van der Waals surface area contributed by atoms with Crippen LogP contribution in [0, 0.1) is 5.82 Å². The summed E-state index contributed by atoms with van der Waals surface area (Å²) in [5.74, 6) is -0.175. The van der Waals surface area contributed by atoms with Crippen molar-refractivity contribution in [3.05, 3.63) is 66.0 Å². The van der Waals surface area contributed by atoms with E-state index >= 15 is 0 Å². The van der Waals surface area contributed by atoms with Gasteiger partial charge in [0.1, 0.15) is 5.82 Å². The molecule has 1 aliphatic rings. The molecule has 4 heteroatoms. The number of anilines is 2. The van der Waals surface area contributed by atoms with E-state index in [2.05, 4.69) is 65.2 Å². The monoisotopic (exact) mass is 339 g/mol. The highest BCUT2D eigenvalue weighted by molar-refractivity contribution is 5.55. The van der Waals surface area contributed by atoms with Crippen LogP contribution in [0.15, 0.2) is 54.6 Å². The second-order valence-corrected chi connectivity index (χ2v) is 6.65. The first-order valence-electron chi connectivity index (χ1n) is 8.78. The molecule has 2 aromatic carbocycles. The molecule has 0 N–H and O–H groups in total. The Hall–Kier alpha value is -2.33. The van der Waals surface area contributed by atoms with Crippen LogP contribution >= 0.6 is 0 Å². The fourth-order valence-corrected chi connectivity index (χ4v) is 3.06. The van der Waals surface area contributed by atoms with Gasteiger partial charge in [-0.3, -0.25) is 4.90 Å². The first kappa shape index (κ1) is 17.5. The smallest absolute Gasteiger partial charge is 0.123 e. The molecule has 1 fully saturated rings. The second kappa shape index (κ2) is 8.17. The first-order valence-corrected chi connectivity index (χ1v) is 8.78. The Kier molecular flexibility index (Phi) is 5.71.